The standard InChI is InChI=1S/C24H30N2O5/c1-16-7-8-18(13-17(16)2)23(27)25-9-6-10-26(12-11-25)24(28)19-14-20(29-3)22(31-5)21(15-19)30-4/h7-8,13-15H,6,9-12H2,1-5H3. The van der Waals surface area contributed by atoms with Gasteiger partial charge in [0, 0.05) is 37.3 Å². The molecule has 1 aliphatic heterocycles. The molecule has 166 valence electrons. The number of carbonyl (C=O) groups excluding carboxylic acids is 2. The number of rotatable bonds is 5. The largest absolute Gasteiger partial charge is 0.493 e. The number of aryl methyl sites for hydroxylation is 2. The topological polar surface area (TPSA) is 68.3 Å². The van der Waals surface area contributed by atoms with Crippen LogP contribution in [0, 0.1) is 13.8 Å². The van der Waals surface area contributed by atoms with E-state index in [0.29, 0.717) is 61.0 Å². The van der Waals surface area contributed by atoms with Crippen LogP contribution in [0.4, 0.5) is 0 Å². The average Bonchev–Trinajstić information content (AvgIpc) is 3.05. The summed E-state index contributed by atoms with van der Waals surface area (Å²) in [6, 6.07) is 9.09. The smallest absolute Gasteiger partial charge is 0.254 e. The Morgan fingerprint density at radius 1 is 0.710 bits per heavy atom. The molecule has 2 aromatic rings. The van der Waals surface area contributed by atoms with Crippen LogP contribution in [-0.4, -0.2) is 69.1 Å². The molecule has 0 saturated carbocycles. The monoisotopic (exact) mass is 426 g/mol. The van der Waals surface area contributed by atoms with Crippen LogP contribution in [0.1, 0.15) is 38.3 Å². The van der Waals surface area contributed by atoms with Crippen LogP contribution in [0.25, 0.3) is 0 Å². The molecule has 1 saturated heterocycles. The molecular formula is C24H30N2O5. The second kappa shape index (κ2) is 9.73. The molecule has 7 heteroatoms. The van der Waals surface area contributed by atoms with Crippen molar-refractivity contribution in [1.29, 1.82) is 0 Å². The van der Waals surface area contributed by atoms with E-state index in [4.69, 9.17) is 14.2 Å². The lowest BCUT2D eigenvalue weighted by molar-refractivity contribution is 0.0718. The van der Waals surface area contributed by atoms with Gasteiger partial charge < -0.3 is 24.0 Å². The van der Waals surface area contributed by atoms with Crippen molar-refractivity contribution in [2.45, 2.75) is 20.3 Å². The molecule has 0 spiro atoms. The molecule has 0 unspecified atom stereocenters. The van der Waals surface area contributed by atoms with Crippen molar-refractivity contribution in [1.82, 2.24) is 9.80 Å². The lowest BCUT2D eigenvalue weighted by atomic mass is 10.1. The summed E-state index contributed by atoms with van der Waals surface area (Å²) in [6.45, 7) is 6.18. The van der Waals surface area contributed by atoms with Gasteiger partial charge in [0.1, 0.15) is 0 Å². The van der Waals surface area contributed by atoms with Crippen molar-refractivity contribution in [3.63, 3.8) is 0 Å². The van der Waals surface area contributed by atoms with E-state index in [0.717, 1.165) is 11.1 Å². The number of amides is 2. The number of benzene rings is 2. The first-order chi connectivity index (χ1) is 14.9. The highest BCUT2D eigenvalue weighted by molar-refractivity contribution is 5.96. The lowest BCUT2D eigenvalue weighted by Crippen LogP contribution is -2.37. The van der Waals surface area contributed by atoms with Crippen LogP contribution in [0.15, 0.2) is 30.3 Å². The fraction of sp³-hybridized carbons (Fsp3) is 0.417. The van der Waals surface area contributed by atoms with Crippen LogP contribution in [0.3, 0.4) is 0 Å². The van der Waals surface area contributed by atoms with Crippen molar-refractivity contribution >= 4 is 11.8 Å². The molecule has 2 amide bonds. The van der Waals surface area contributed by atoms with Gasteiger partial charge in [-0.05, 0) is 55.7 Å². The molecule has 0 atom stereocenters. The Kier molecular flexibility index (Phi) is 7.05. The molecule has 0 aliphatic carbocycles. The summed E-state index contributed by atoms with van der Waals surface area (Å²) in [6.07, 6.45) is 0.715. The van der Waals surface area contributed by atoms with Crippen molar-refractivity contribution < 1.29 is 23.8 Å². The third-order valence-corrected chi connectivity index (χ3v) is 5.74. The van der Waals surface area contributed by atoms with Gasteiger partial charge in [-0.15, -0.1) is 0 Å². The van der Waals surface area contributed by atoms with E-state index in [1.807, 2.05) is 36.9 Å². The van der Waals surface area contributed by atoms with Gasteiger partial charge in [0.25, 0.3) is 11.8 Å². The summed E-state index contributed by atoms with van der Waals surface area (Å²) in [5, 5.41) is 0. The van der Waals surface area contributed by atoms with E-state index >= 15 is 0 Å². The number of nitrogens with zero attached hydrogens (tertiary/aromatic N) is 2. The quantitative estimate of drug-likeness (QED) is 0.734. The van der Waals surface area contributed by atoms with E-state index in [1.54, 1.807) is 17.0 Å². The first kappa shape index (κ1) is 22.5. The fourth-order valence-corrected chi connectivity index (χ4v) is 3.77. The van der Waals surface area contributed by atoms with Gasteiger partial charge in [-0.1, -0.05) is 6.07 Å². The maximum atomic E-state index is 13.2. The third-order valence-electron chi connectivity index (χ3n) is 5.74. The van der Waals surface area contributed by atoms with Gasteiger partial charge in [-0.3, -0.25) is 9.59 Å². The van der Waals surface area contributed by atoms with Gasteiger partial charge in [0.2, 0.25) is 5.75 Å². The second-order valence-corrected chi connectivity index (χ2v) is 7.65. The summed E-state index contributed by atoms with van der Waals surface area (Å²) in [4.78, 5) is 29.8. The van der Waals surface area contributed by atoms with E-state index in [2.05, 4.69) is 0 Å². The van der Waals surface area contributed by atoms with Crippen molar-refractivity contribution in [2.75, 3.05) is 47.5 Å². The Hall–Kier alpha value is -3.22. The zero-order valence-electron chi connectivity index (χ0n) is 18.9. The summed E-state index contributed by atoms with van der Waals surface area (Å²) < 4.78 is 16.1. The number of hydrogen-bond acceptors (Lipinski definition) is 5. The fourth-order valence-electron chi connectivity index (χ4n) is 3.77. The van der Waals surface area contributed by atoms with E-state index in [1.165, 1.54) is 21.3 Å². The molecule has 1 aliphatic rings. The second-order valence-electron chi connectivity index (χ2n) is 7.65. The Balaban J connectivity index is 1.75. The molecule has 0 aromatic heterocycles. The number of ether oxygens (including phenoxy) is 3. The highest BCUT2D eigenvalue weighted by Crippen LogP contribution is 2.38. The summed E-state index contributed by atoms with van der Waals surface area (Å²) in [7, 11) is 4.57. The number of carbonyl (C=O) groups is 2. The minimum atomic E-state index is -0.125. The molecular weight excluding hydrogens is 396 g/mol. The van der Waals surface area contributed by atoms with Gasteiger partial charge in [-0.2, -0.15) is 0 Å². The van der Waals surface area contributed by atoms with Crippen LogP contribution in [-0.2, 0) is 0 Å². The molecule has 31 heavy (non-hydrogen) atoms. The van der Waals surface area contributed by atoms with Gasteiger partial charge in [0.05, 0.1) is 21.3 Å². The normalized spacial score (nSPS) is 14.1. The molecule has 2 aromatic carbocycles. The van der Waals surface area contributed by atoms with Gasteiger partial charge >= 0.3 is 0 Å². The van der Waals surface area contributed by atoms with E-state index in [-0.39, 0.29) is 11.8 Å². The predicted molar refractivity (Wildman–Crippen MR) is 118 cm³/mol. The zero-order valence-corrected chi connectivity index (χ0v) is 18.9. The molecule has 0 bridgehead atoms. The minimum Gasteiger partial charge on any atom is -0.493 e. The molecule has 7 nitrogen and oxygen atoms in total. The molecule has 0 radical (unpaired) electrons. The SMILES string of the molecule is COc1cc(C(=O)N2CCCN(C(=O)c3ccc(C)c(C)c3)CC2)cc(OC)c1OC. The van der Waals surface area contributed by atoms with Crippen LogP contribution in [0.5, 0.6) is 17.2 Å². The van der Waals surface area contributed by atoms with E-state index in [9.17, 15) is 9.59 Å². The number of methoxy groups -OCH3 is 3. The first-order valence-corrected chi connectivity index (χ1v) is 10.4. The molecule has 0 N–H and O–H groups in total. The Labute approximate surface area is 183 Å². The van der Waals surface area contributed by atoms with Gasteiger partial charge in [-0.25, -0.2) is 0 Å². The van der Waals surface area contributed by atoms with Crippen molar-refractivity contribution in [3.05, 3.63) is 52.6 Å². The predicted octanol–water partition coefficient (Wildman–Crippen LogP) is 3.32. The van der Waals surface area contributed by atoms with Crippen molar-refractivity contribution in [3.8, 4) is 17.2 Å². The lowest BCUT2D eigenvalue weighted by Gasteiger charge is -2.23. The third kappa shape index (κ3) is 4.76. The highest BCUT2D eigenvalue weighted by atomic mass is 16.5. The minimum absolute atomic E-state index is 0.00480. The summed E-state index contributed by atoms with van der Waals surface area (Å²) in [5.74, 6) is 1.20. The van der Waals surface area contributed by atoms with Crippen LogP contribution in [0.2, 0.25) is 0 Å². The maximum absolute atomic E-state index is 13.2. The summed E-state index contributed by atoms with van der Waals surface area (Å²) in [5.41, 5.74) is 3.41. The van der Waals surface area contributed by atoms with E-state index < -0.39 is 0 Å². The number of hydrogen-bond donors (Lipinski definition) is 0. The Morgan fingerprint density at radius 3 is 1.74 bits per heavy atom. The Bertz CT molecular complexity index is 947. The zero-order chi connectivity index (χ0) is 22.5. The highest BCUT2D eigenvalue weighted by Gasteiger charge is 2.25. The van der Waals surface area contributed by atoms with Gasteiger partial charge in [0.15, 0.2) is 11.5 Å². The summed E-state index contributed by atoms with van der Waals surface area (Å²) >= 11 is 0. The maximum Gasteiger partial charge on any atom is 0.254 e. The van der Waals surface area contributed by atoms with Crippen molar-refractivity contribution in [2.24, 2.45) is 0 Å². The Morgan fingerprint density at radius 2 is 1.26 bits per heavy atom. The van der Waals surface area contributed by atoms with Crippen LogP contribution < -0.4 is 14.2 Å². The average molecular weight is 427 g/mol. The molecule has 1 heterocycles. The molecule has 1 fully saturated rings. The van der Waals surface area contributed by atoms with Crippen LogP contribution >= 0.6 is 0 Å². The molecule has 3 rings (SSSR count). The first-order valence-electron chi connectivity index (χ1n) is 10.4.